The molecule has 2 aliphatic heterocycles. The smallest absolute Gasteiger partial charge is 0.236 e. The van der Waals surface area contributed by atoms with Crippen LogP contribution in [0.2, 0.25) is 0 Å². The van der Waals surface area contributed by atoms with E-state index in [1.54, 1.807) is 23.9 Å². The molecule has 1 aromatic carbocycles. The second-order valence-corrected chi connectivity index (χ2v) is 8.33. The Kier molecular flexibility index (Phi) is 6.76. The first kappa shape index (κ1) is 20.1. The third-order valence-corrected chi connectivity index (χ3v) is 6.99. The van der Waals surface area contributed by atoms with Gasteiger partial charge in [-0.05, 0) is 24.1 Å². The summed E-state index contributed by atoms with van der Waals surface area (Å²) in [5.41, 5.74) is 0.976. The van der Waals surface area contributed by atoms with E-state index in [1.165, 1.54) is 12.1 Å². The fourth-order valence-electron chi connectivity index (χ4n) is 3.67. The summed E-state index contributed by atoms with van der Waals surface area (Å²) < 4.78 is 13.3. The van der Waals surface area contributed by atoms with Crippen molar-refractivity contribution in [3.8, 4) is 0 Å². The van der Waals surface area contributed by atoms with Crippen LogP contribution in [0.5, 0.6) is 0 Å². The van der Waals surface area contributed by atoms with Gasteiger partial charge in [-0.2, -0.15) is 0 Å². The standard InChI is InChI=1S/C20H28FN3O2S/c1-3-17-19(26)24(20(27-17)15-5-7-16(21)8-6-15)14-11-22-9-12-23(13-10-22)18(25)4-2/h5-8,17,20H,3-4,9-14H2,1-2H3/t17-,20-/m0/s1. The van der Waals surface area contributed by atoms with Crippen molar-refractivity contribution in [2.45, 2.75) is 37.3 Å². The highest BCUT2D eigenvalue weighted by atomic mass is 32.2. The van der Waals surface area contributed by atoms with Gasteiger partial charge in [0.1, 0.15) is 11.2 Å². The third kappa shape index (κ3) is 4.63. The molecule has 0 N–H and O–H groups in total. The van der Waals surface area contributed by atoms with Gasteiger partial charge in [0.2, 0.25) is 11.8 Å². The number of carbonyl (C=O) groups is 2. The Bertz CT molecular complexity index is 662. The Balaban J connectivity index is 1.60. The van der Waals surface area contributed by atoms with Crippen LogP contribution in [0.15, 0.2) is 24.3 Å². The number of benzene rings is 1. The number of carbonyl (C=O) groups excluding carboxylic acids is 2. The Morgan fingerprint density at radius 3 is 2.37 bits per heavy atom. The zero-order valence-corrected chi connectivity index (χ0v) is 16.9. The van der Waals surface area contributed by atoms with Crippen LogP contribution in [-0.2, 0) is 9.59 Å². The molecule has 0 aliphatic carbocycles. The fraction of sp³-hybridized carbons (Fsp3) is 0.600. The van der Waals surface area contributed by atoms with Crippen LogP contribution in [0.1, 0.15) is 37.6 Å². The van der Waals surface area contributed by atoms with E-state index < -0.39 is 0 Å². The lowest BCUT2D eigenvalue weighted by Gasteiger charge is -2.36. The first-order chi connectivity index (χ1) is 13.0. The summed E-state index contributed by atoms with van der Waals surface area (Å²) in [5, 5.41) is -0.0786. The topological polar surface area (TPSA) is 43.9 Å². The lowest BCUT2D eigenvalue weighted by molar-refractivity contribution is -0.132. The second kappa shape index (κ2) is 9.06. The Morgan fingerprint density at radius 1 is 1.11 bits per heavy atom. The molecule has 5 nitrogen and oxygen atoms in total. The Hall–Kier alpha value is -1.60. The Labute approximate surface area is 164 Å². The van der Waals surface area contributed by atoms with Crippen molar-refractivity contribution in [2.24, 2.45) is 0 Å². The maximum atomic E-state index is 13.3. The zero-order valence-electron chi connectivity index (χ0n) is 16.1. The largest absolute Gasteiger partial charge is 0.340 e. The molecule has 1 aromatic rings. The minimum atomic E-state index is -0.258. The third-order valence-electron chi connectivity index (χ3n) is 5.35. The molecule has 148 valence electrons. The predicted octanol–water partition coefficient (Wildman–Crippen LogP) is 2.73. The molecular weight excluding hydrogens is 365 g/mol. The highest BCUT2D eigenvalue weighted by molar-refractivity contribution is 8.01. The van der Waals surface area contributed by atoms with Gasteiger partial charge in [-0.15, -0.1) is 11.8 Å². The number of amides is 2. The highest BCUT2D eigenvalue weighted by Crippen LogP contribution is 2.43. The van der Waals surface area contributed by atoms with Crippen LogP contribution >= 0.6 is 11.8 Å². The van der Waals surface area contributed by atoms with Gasteiger partial charge in [0.25, 0.3) is 0 Å². The molecule has 2 fully saturated rings. The summed E-state index contributed by atoms with van der Waals surface area (Å²) in [6.45, 7) is 8.60. The predicted molar refractivity (Wildman–Crippen MR) is 106 cm³/mol. The van der Waals surface area contributed by atoms with Crippen LogP contribution in [0.25, 0.3) is 0 Å². The van der Waals surface area contributed by atoms with E-state index in [4.69, 9.17) is 0 Å². The summed E-state index contributed by atoms with van der Waals surface area (Å²) in [6, 6.07) is 6.48. The maximum absolute atomic E-state index is 13.3. The molecule has 3 rings (SSSR count). The average molecular weight is 394 g/mol. The van der Waals surface area contributed by atoms with Gasteiger partial charge in [0.15, 0.2) is 0 Å². The van der Waals surface area contributed by atoms with Gasteiger partial charge in [0, 0.05) is 45.7 Å². The van der Waals surface area contributed by atoms with Crippen molar-refractivity contribution < 1.29 is 14.0 Å². The van der Waals surface area contributed by atoms with E-state index in [0.29, 0.717) is 13.0 Å². The first-order valence-electron chi connectivity index (χ1n) is 9.75. The number of nitrogens with zero attached hydrogens (tertiary/aromatic N) is 3. The summed E-state index contributed by atoms with van der Waals surface area (Å²) >= 11 is 1.66. The van der Waals surface area contributed by atoms with Gasteiger partial charge in [-0.3, -0.25) is 14.5 Å². The molecule has 2 amide bonds. The van der Waals surface area contributed by atoms with Gasteiger partial charge in [-0.1, -0.05) is 26.0 Å². The SMILES string of the molecule is CCC(=O)N1CCN(CCN2C(=O)[C@H](CC)S[C@H]2c2ccc(F)cc2)CC1. The van der Waals surface area contributed by atoms with Gasteiger partial charge >= 0.3 is 0 Å². The van der Waals surface area contributed by atoms with E-state index in [0.717, 1.165) is 44.7 Å². The summed E-state index contributed by atoms with van der Waals surface area (Å²) in [5.74, 6) is 0.130. The van der Waals surface area contributed by atoms with Gasteiger partial charge in [-0.25, -0.2) is 4.39 Å². The van der Waals surface area contributed by atoms with E-state index in [2.05, 4.69) is 4.90 Å². The molecule has 0 radical (unpaired) electrons. The number of thioether (sulfide) groups is 1. The molecule has 0 aromatic heterocycles. The van der Waals surface area contributed by atoms with Crippen molar-refractivity contribution in [1.29, 1.82) is 0 Å². The van der Waals surface area contributed by atoms with Gasteiger partial charge in [0.05, 0.1) is 5.25 Å². The van der Waals surface area contributed by atoms with Gasteiger partial charge < -0.3 is 9.80 Å². The van der Waals surface area contributed by atoms with Crippen LogP contribution < -0.4 is 0 Å². The maximum Gasteiger partial charge on any atom is 0.236 e. The van der Waals surface area contributed by atoms with Crippen LogP contribution in [0.4, 0.5) is 4.39 Å². The van der Waals surface area contributed by atoms with Crippen molar-refractivity contribution in [1.82, 2.24) is 14.7 Å². The summed E-state index contributed by atoms with van der Waals surface area (Å²) in [4.78, 5) is 30.8. The van der Waals surface area contributed by atoms with Crippen LogP contribution in [-0.4, -0.2) is 71.0 Å². The molecule has 2 aliphatic rings. The Morgan fingerprint density at radius 2 is 1.78 bits per heavy atom. The normalized spacial score (nSPS) is 23.9. The molecule has 2 saturated heterocycles. The van der Waals surface area contributed by atoms with E-state index in [-0.39, 0.29) is 28.3 Å². The summed E-state index contributed by atoms with van der Waals surface area (Å²) in [7, 11) is 0. The fourth-order valence-corrected chi connectivity index (χ4v) is 5.09. The molecule has 0 saturated carbocycles. The quantitative estimate of drug-likeness (QED) is 0.745. The van der Waals surface area contributed by atoms with E-state index >= 15 is 0 Å². The molecular formula is C20H28FN3O2S. The molecule has 7 heteroatoms. The van der Waals surface area contributed by atoms with Crippen molar-refractivity contribution in [2.75, 3.05) is 39.3 Å². The molecule has 2 heterocycles. The van der Waals surface area contributed by atoms with Crippen LogP contribution in [0.3, 0.4) is 0 Å². The first-order valence-corrected chi connectivity index (χ1v) is 10.7. The minimum Gasteiger partial charge on any atom is -0.340 e. The average Bonchev–Trinajstić information content (AvgIpc) is 3.02. The lowest BCUT2D eigenvalue weighted by atomic mass is 10.2. The zero-order chi connectivity index (χ0) is 19.4. The second-order valence-electron chi connectivity index (χ2n) is 7.04. The number of rotatable bonds is 6. The highest BCUT2D eigenvalue weighted by Gasteiger charge is 2.39. The number of halogens is 1. The molecule has 0 unspecified atom stereocenters. The number of piperazine rings is 1. The molecule has 0 bridgehead atoms. The van der Waals surface area contributed by atoms with Crippen LogP contribution in [0, 0.1) is 5.82 Å². The van der Waals surface area contributed by atoms with E-state index in [1.807, 2.05) is 23.6 Å². The van der Waals surface area contributed by atoms with E-state index in [9.17, 15) is 14.0 Å². The summed E-state index contributed by atoms with van der Waals surface area (Å²) in [6.07, 6.45) is 1.35. The lowest BCUT2D eigenvalue weighted by Crippen LogP contribution is -2.50. The monoisotopic (exact) mass is 393 g/mol. The minimum absolute atomic E-state index is 0.0286. The molecule has 27 heavy (non-hydrogen) atoms. The van der Waals surface area contributed by atoms with Crippen molar-refractivity contribution in [3.63, 3.8) is 0 Å². The van der Waals surface area contributed by atoms with Crippen molar-refractivity contribution in [3.05, 3.63) is 35.6 Å². The molecule has 2 atom stereocenters. The molecule has 0 spiro atoms. The number of hydrogen-bond donors (Lipinski definition) is 0. The number of hydrogen-bond acceptors (Lipinski definition) is 4. The van der Waals surface area contributed by atoms with Crippen molar-refractivity contribution >= 4 is 23.6 Å².